The van der Waals surface area contributed by atoms with Crippen LogP contribution in [0.15, 0.2) is 48.5 Å². The summed E-state index contributed by atoms with van der Waals surface area (Å²) in [6.07, 6.45) is 3.43. The molecule has 2 aliphatic rings. The number of aryl methyl sites for hydroxylation is 1. The van der Waals surface area contributed by atoms with Gasteiger partial charge in [-0.3, -0.25) is 4.79 Å². The van der Waals surface area contributed by atoms with E-state index in [0.717, 1.165) is 51.3 Å². The molecular weight excluding hydrogens is 346 g/mol. The monoisotopic (exact) mass is 377 g/mol. The van der Waals surface area contributed by atoms with E-state index in [4.69, 9.17) is 0 Å². The van der Waals surface area contributed by atoms with Crippen LogP contribution in [-0.4, -0.2) is 50.1 Å². The Morgan fingerprint density at radius 1 is 1.00 bits per heavy atom. The molecule has 2 aromatic rings. The van der Waals surface area contributed by atoms with Crippen molar-refractivity contribution in [1.82, 2.24) is 10.2 Å². The van der Waals surface area contributed by atoms with Gasteiger partial charge in [0.15, 0.2) is 0 Å². The number of hydrogen-bond donors (Lipinski definition) is 1. The van der Waals surface area contributed by atoms with Crippen molar-refractivity contribution in [3.05, 3.63) is 65.2 Å². The molecule has 0 bridgehead atoms. The minimum absolute atomic E-state index is 0.178. The van der Waals surface area contributed by atoms with Crippen molar-refractivity contribution in [3.8, 4) is 0 Å². The van der Waals surface area contributed by atoms with Crippen molar-refractivity contribution in [2.24, 2.45) is 0 Å². The lowest BCUT2D eigenvalue weighted by atomic mass is 9.90. The Morgan fingerprint density at radius 2 is 1.89 bits per heavy atom. The highest BCUT2D eigenvalue weighted by Crippen LogP contribution is 2.25. The Morgan fingerprint density at radius 3 is 2.71 bits per heavy atom. The molecule has 0 radical (unpaired) electrons. The number of nitrogens with one attached hydrogen (secondary N) is 1. The number of carbonyl (C=O) groups excluding carboxylic acids is 1. The fourth-order valence-corrected chi connectivity index (χ4v) is 4.52. The van der Waals surface area contributed by atoms with Gasteiger partial charge in [-0.25, -0.2) is 0 Å². The number of amides is 1. The third kappa shape index (κ3) is 4.22. The molecule has 1 unspecified atom stereocenters. The fourth-order valence-electron chi connectivity index (χ4n) is 4.52. The molecule has 2 saturated heterocycles. The average molecular weight is 378 g/mol. The van der Waals surface area contributed by atoms with Crippen LogP contribution in [-0.2, 0) is 0 Å². The molecule has 2 aliphatic heterocycles. The maximum atomic E-state index is 13.2. The Labute approximate surface area is 168 Å². The first-order valence-electron chi connectivity index (χ1n) is 10.6. The van der Waals surface area contributed by atoms with E-state index in [1.165, 1.54) is 29.7 Å². The van der Waals surface area contributed by atoms with Gasteiger partial charge < -0.3 is 15.1 Å². The minimum atomic E-state index is 0.178. The lowest BCUT2D eigenvalue weighted by molar-refractivity contribution is 0.0767. The molecule has 148 valence electrons. The molecule has 4 rings (SSSR count). The number of anilines is 1. The second kappa shape index (κ2) is 8.78. The van der Waals surface area contributed by atoms with Crippen LogP contribution in [0.1, 0.15) is 46.7 Å². The maximum Gasteiger partial charge on any atom is 0.253 e. The van der Waals surface area contributed by atoms with Crippen molar-refractivity contribution < 1.29 is 4.79 Å². The summed E-state index contributed by atoms with van der Waals surface area (Å²) in [5.74, 6) is 0.708. The third-order valence-corrected chi connectivity index (χ3v) is 6.14. The highest BCUT2D eigenvalue weighted by molar-refractivity contribution is 5.94. The number of para-hydroxylation sites is 1. The Kier molecular flexibility index (Phi) is 5.96. The highest BCUT2D eigenvalue weighted by atomic mass is 16.2. The predicted molar refractivity (Wildman–Crippen MR) is 115 cm³/mol. The first-order chi connectivity index (χ1) is 13.7. The summed E-state index contributed by atoms with van der Waals surface area (Å²) in [6, 6.07) is 16.9. The first-order valence-corrected chi connectivity index (χ1v) is 10.6. The zero-order valence-corrected chi connectivity index (χ0v) is 16.9. The van der Waals surface area contributed by atoms with Crippen molar-refractivity contribution in [3.63, 3.8) is 0 Å². The van der Waals surface area contributed by atoms with Gasteiger partial charge in [-0.2, -0.15) is 0 Å². The number of benzene rings is 2. The number of nitrogens with zero attached hydrogens (tertiary/aromatic N) is 2. The molecule has 1 atom stereocenters. The summed E-state index contributed by atoms with van der Waals surface area (Å²) < 4.78 is 0. The molecular formula is C24H31N3O. The molecule has 2 aromatic carbocycles. The van der Waals surface area contributed by atoms with E-state index < -0.39 is 0 Å². The van der Waals surface area contributed by atoms with Crippen LogP contribution in [0.5, 0.6) is 0 Å². The molecule has 0 spiro atoms. The summed E-state index contributed by atoms with van der Waals surface area (Å²) in [4.78, 5) is 17.7. The second-order valence-electron chi connectivity index (χ2n) is 8.09. The molecule has 0 saturated carbocycles. The zero-order chi connectivity index (χ0) is 19.3. The third-order valence-electron chi connectivity index (χ3n) is 6.14. The zero-order valence-electron chi connectivity index (χ0n) is 16.9. The SMILES string of the molecule is Cc1ccccc1N1CCCN(C(=O)c2cccc(C3CCCNC3)c2)CC1. The van der Waals surface area contributed by atoms with Gasteiger partial charge in [0.2, 0.25) is 0 Å². The van der Waals surface area contributed by atoms with Gasteiger partial charge in [0.05, 0.1) is 0 Å². The summed E-state index contributed by atoms with van der Waals surface area (Å²) >= 11 is 0. The lowest BCUT2D eigenvalue weighted by Gasteiger charge is -2.26. The molecule has 1 N–H and O–H groups in total. The predicted octanol–water partition coefficient (Wildman–Crippen LogP) is 3.81. The largest absolute Gasteiger partial charge is 0.369 e. The summed E-state index contributed by atoms with van der Waals surface area (Å²) in [6.45, 7) is 7.80. The fraction of sp³-hybridized carbons (Fsp3) is 0.458. The number of piperidine rings is 1. The quantitative estimate of drug-likeness (QED) is 0.883. The average Bonchev–Trinajstić information content (AvgIpc) is 3.00. The van der Waals surface area contributed by atoms with Crippen LogP contribution in [0.25, 0.3) is 0 Å². The highest BCUT2D eigenvalue weighted by Gasteiger charge is 2.22. The lowest BCUT2D eigenvalue weighted by Crippen LogP contribution is -2.35. The molecule has 2 fully saturated rings. The van der Waals surface area contributed by atoms with Gasteiger partial charge in [-0.1, -0.05) is 30.3 Å². The molecule has 1 amide bonds. The van der Waals surface area contributed by atoms with Crippen LogP contribution in [0.3, 0.4) is 0 Å². The van der Waals surface area contributed by atoms with Crippen molar-refractivity contribution in [1.29, 1.82) is 0 Å². The van der Waals surface area contributed by atoms with E-state index >= 15 is 0 Å². The molecule has 0 aliphatic carbocycles. The minimum Gasteiger partial charge on any atom is -0.369 e. The van der Waals surface area contributed by atoms with Crippen molar-refractivity contribution >= 4 is 11.6 Å². The van der Waals surface area contributed by atoms with E-state index in [0.29, 0.717) is 5.92 Å². The summed E-state index contributed by atoms with van der Waals surface area (Å²) in [7, 11) is 0. The van der Waals surface area contributed by atoms with E-state index in [1.54, 1.807) is 0 Å². The van der Waals surface area contributed by atoms with Gasteiger partial charge in [-0.15, -0.1) is 0 Å². The van der Waals surface area contributed by atoms with Crippen molar-refractivity contribution in [2.45, 2.75) is 32.1 Å². The Hall–Kier alpha value is -2.33. The van der Waals surface area contributed by atoms with Crippen LogP contribution < -0.4 is 10.2 Å². The van der Waals surface area contributed by atoms with Crippen molar-refractivity contribution in [2.75, 3.05) is 44.2 Å². The molecule has 4 heteroatoms. The van der Waals surface area contributed by atoms with Crippen LogP contribution in [0, 0.1) is 6.92 Å². The van der Waals surface area contributed by atoms with E-state index in [-0.39, 0.29) is 5.91 Å². The normalized spacial score (nSPS) is 20.7. The second-order valence-corrected chi connectivity index (χ2v) is 8.09. The smallest absolute Gasteiger partial charge is 0.253 e. The number of hydrogen-bond acceptors (Lipinski definition) is 3. The van der Waals surface area contributed by atoms with E-state index in [1.807, 2.05) is 11.0 Å². The summed E-state index contributed by atoms with van der Waals surface area (Å²) in [5, 5.41) is 3.48. The molecule has 0 aromatic heterocycles. The standard InChI is InChI=1S/C24H31N3O/c1-19-7-2-3-11-23(19)26-13-6-14-27(16-15-26)24(28)21-9-4-8-20(17-21)22-10-5-12-25-18-22/h2-4,7-9,11,17,22,25H,5-6,10,12-16,18H2,1H3. The van der Waals surface area contributed by atoms with Gasteiger partial charge in [0.25, 0.3) is 5.91 Å². The topological polar surface area (TPSA) is 35.6 Å². The van der Waals surface area contributed by atoms with Gasteiger partial charge >= 0.3 is 0 Å². The van der Waals surface area contributed by atoms with E-state index in [9.17, 15) is 4.79 Å². The maximum absolute atomic E-state index is 13.2. The number of rotatable bonds is 3. The van der Waals surface area contributed by atoms with Crippen LogP contribution in [0.4, 0.5) is 5.69 Å². The molecule has 28 heavy (non-hydrogen) atoms. The number of carbonyl (C=O) groups is 1. The van der Waals surface area contributed by atoms with Gasteiger partial charge in [0.1, 0.15) is 0 Å². The van der Waals surface area contributed by atoms with Gasteiger partial charge in [-0.05, 0) is 68.0 Å². The first kappa shape index (κ1) is 19.0. The Balaban J connectivity index is 1.44. The van der Waals surface area contributed by atoms with Gasteiger partial charge in [0, 0.05) is 44.0 Å². The Bertz CT molecular complexity index is 813. The molecule has 4 nitrogen and oxygen atoms in total. The van der Waals surface area contributed by atoms with E-state index in [2.05, 4.69) is 59.6 Å². The van der Waals surface area contributed by atoms with Crippen LogP contribution >= 0.6 is 0 Å². The summed E-state index contributed by atoms with van der Waals surface area (Å²) in [5.41, 5.74) is 4.74. The van der Waals surface area contributed by atoms with Crippen LogP contribution in [0.2, 0.25) is 0 Å². The molecule has 2 heterocycles.